The van der Waals surface area contributed by atoms with Gasteiger partial charge < -0.3 is 9.64 Å². The molecule has 24 heavy (non-hydrogen) atoms. The van der Waals surface area contributed by atoms with Crippen LogP contribution in [0.5, 0.6) is 5.88 Å². The highest BCUT2D eigenvalue weighted by Crippen LogP contribution is 2.29. The molecule has 1 saturated heterocycles. The molecule has 0 radical (unpaired) electrons. The average Bonchev–Trinajstić information content (AvgIpc) is 2.50. The smallest absolute Gasteiger partial charge is 0.433 e. The van der Waals surface area contributed by atoms with E-state index in [9.17, 15) is 18.0 Å². The molecule has 0 bridgehead atoms. The quantitative estimate of drug-likeness (QED) is 0.864. The Morgan fingerprint density at radius 1 is 1.17 bits per heavy atom. The molecule has 1 fully saturated rings. The fourth-order valence-electron chi connectivity index (χ4n) is 2.47. The number of carbonyl (C=O) groups is 1. The van der Waals surface area contributed by atoms with Gasteiger partial charge in [-0.25, -0.2) is 4.98 Å². The molecule has 1 aliphatic heterocycles. The van der Waals surface area contributed by atoms with E-state index in [-0.39, 0.29) is 17.9 Å². The molecule has 2 heterocycles. The first-order chi connectivity index (χ1) is 11.3. The zero-order valence-electron chi connectivity index (χ0n) is 12.9. The van der Waals surface area contributed by atoms with Crippen molar-refractivity contribution in [2.24, 2.45) is 0 Å². The minimum atomic E-state index is -4.51. The van der Waals surface area contributed by atoms with E-state index in [0.29, 0.717) is 18.7 Å². The predicted molar refractivity (Wildman–Crippen MR) is 80.7 cm³/mol. The first-order valence-electron chi connectivity index (χ1n) is 7.40. The summed E-state index contributed by atoms with van der Waals surface area (Å²) in [6, 6.07) is 10.8. The fourth-order valence-corrected chi connectivity index (χ4v) is 2.47. The van der Waals surface area contributed by atoms with Crippen LogP contribution in [0.3, 0.4) is 0 Å². The summed E-state index contributed by atoms with van der Waals surface area (Å²) in [4.78, 5) is 17.4. The second-order valence-electron chi connectivity index (χ2n) is 5.62. The Bertz CT molecular complexity index is 755. The van der Waals surface area contributed by atoms with Crippen molar-refractivity contribution in [1.29, 1.82) is 0 Å². The van der Waals surface area contributed by atoms with Crippen molar-refractivity contribution in [2.45, 2.75) is 19.2 Å². The lowest BCUT2D eigenvalue weighted by Gasteiger charge is -2.38. The van der Waals surface area contributed by atoms with Crippen LogP contribution in [0.2, 0.25) is 0 Å². The summed E-state index contributed by atoms with van der Waals surface area (Å²) >= 11 is 0. The van der Waals surface area contributed by atoms with Crippen LogP contribution in [0, 0.1) is 6.92 Å². The minimum absolute atomic E-state index is 0.0854. The van der Waals surface area contributed by atoms with E-state index < -0.39 is 11.9 Å². The Morgan fingerprint density at radius 3 is 2.54 bits per heavy atom. The van der Waals surface area contributed by atoms with Gasteiger partial charge >= 0.3 is 6.18 Å². The number of benzene rings is 1. The molecule has 0 aliphatic carbocycles. The molecule has 0 atom stereocenters. The van der Waals surface area contributed by atoms with Crippen molar-refractivity contribution in [1.82, 2.24) is 9.88 Å². The van der Waals surface area contributed by atoms with Gasteiger partial charge in [-0.3, -0.25) is 4.79 Å². The van der Waals surface area contributed by atoms with Crippen molar-refractivity contribution in [3.63, 3.8) is 0 Å². The minimum Gasteiger partial charge on any atom is -0.471 e. The molecule has 3 rings (SSSR count). The summed E-state index contributed by atoms with van der Waals surface area (Å²) < 4.78 is 43.3. The number of pyridine rings is 1. The van der Waals surface area contributed by atoms with Crippen LogP contribution < -0.4 is 4.74 Å². The monoisotopic (exact) mass is 336 g/mol. The summed E-state index contributed by atoms with van der Waals surface area (Å²) in [5.41, 5.74) is 0.506. The molecular formula is C17H15F3N2O2. The maximum Gasteiger partial charge on any atom is 0.433 e. The van der Waals surface area contributed by atoms with Crippen LogP contribution in [0.25, 0.3) is 0 Å². The Hall–Kier alpha value is -2.57. The number of aryl methyl sites for hydroxylation is 1. The molecule has 4 nitrogen and oxygen atoms in total. The standard InChI is InChI=1S/C17H15F3N2O2/c1-11-5-2-3-6-13(11)16(23)22-9-12(10-22)24-15-8-4-7-14(21-15)17(18,19)20/h2-8,12H,9-10H2,1H3. The zero-order valence-corrected chi connectivity index (χ0v) is 12.9. The van der Waals surface area contributed by atoms with Gasteiger partial charge in [0.1, 0.15) is 11.8 Å². The van der Waals surface area contributed by atoms with Crippen LogP contribution >= 0.6 is 0 Å². The molecule has 126 valence electrons. The topological polar surface area (TPSA) is 42.4 Å². The Labute approximate surface area is 136 Å². The number of likely N-dealkylation sites (tertiary alicyclic amines) is 1. The number of hydrogen-bond donors (Lipinski definition) is 0. The first kappa shape index (κ1) is 16.3. The molecule has 7 heteroatoms. The van der Waals surface area contributed by atoms with E-state index in [1.165, 1.54) is 12.1 Å². The number of aromatic nitrogens is 1. The normalized spacial score (nSPS) is 15.1. The third-order valence-corrected chi connectivity index (χ3v) is 3.81. The van der Waals surface area contributed by atoms with E-state index in [0.717, 1.165) is 11.6 Å². The molecule has 1 aromatic carbocycles. The SMILES string of the molecule is Cc1ccccc1C(=O)N1CC(Oc2cccc(C(F)(F)F)n2)C1. The van der Waals surface area contributed by atoms with Gasteiger partial charge in [0.15, 0.2) is 0 Å². The van der Waals surface area contributed by atoms with Gasteiger partial charge in [-0.05, 0) is 24.6 Å². The highest BCUT2D eigenvalue weighted by atomic mass is 19.4. The molecule has 1 amide bonds. The number of nitrogens with zero attached hydrogens (tertiary/aromatic N) is 2. The van der Waals surface area contributed by atoms with Gasteiger partial charge in [0.05, 0.1) is 13.1 Å². The summed E-state index contributed by atoms with van der Waals surface area (Å²) in [7, 11) is 0. The van der Waals surface area contributed by atoms with Crippen molar-refractivity contribution < 1.29 is 22.7 Å². The van der Waals surface area contributed by atoms with Crippen LogP contribution in [0.4, 0.5) is 13.2 Å². The molecular weight excluding hydrogens is 321 g/mol. The lowest BCUT2D eigenvalue weighted by atomic mass is 10.0. The van der Waals surface area contributed by atoms with Gasteiger partial charge in [-0.15, -0.1) is 0 Å². The van der Waals surface area contributed by atoms with Gasteiger partial charge in [0.2, 0.25) is 5.88 Å². The van der Waals surface area contributed by atoms with Gasteiger partial charge in [-0.1, -0.05) is 24.3 Å². The second kappa shape index (κ2) is 6.14. The third kappa shape index (κ3) is 3.34. The summed E-state index contributed by atoms with van der Waals surface area (Å²) in [6.07, 6.45) is -4.86. The van der Waals surface area contributed by atoms with E-state index in [2.05, 4.69) is 4.98 Å². The zero-order chi connectivity index (χ0) is 17.3. The molecule has 0 saturated carbocycles. The summed E-state index contributed by atoms with van der Waals surface area (Å²) in [5, 5.41) is 0. The fraction of sp³-hybridized carbons (Fsp3) is 0.294. The number of ether oxygens (including phenoxy) is 1. The van der Waals surface area contributed by atoms with Gasteiger partial charge in [-0.2, -0.15) is 13.2 Å². The molecule has 1 aromatic heterocycles. The number of alkyl halides is 3. The molecule has 0 N–H and O–H groups in total. The third-order valence-electron chi connectivity index (χ3n) is 3.81. The number of amides is 1. The lowest BCUT2D eigenvalue weighted by molar-refractivity contribution is -0.141. The predicted octanol–water partition coefficient (Wildman–Crippen LogP) is 3.31. The molecule has 2 aromatic rings. The van der Waals surface area contributed by atoms with Crippen LogP contribution in [0.1, 0.15) is 21.6 Å². The van der Waals surface area contributed by atoms with Crippen molar-refractivity contribution >= 4 is 5.91 Å². The van der Waals surface area contributed by atoms with E-state index in [1.54, 1.807) is 17.0 Å². The highest BCUT2D eigenvalue weighted by Gasteiger charge is 2.35. The number of rotatable bonds is 3. The van der Waals surface area contributed by atoms with Gasteiger partial charge in [0.25, 0.3) is 5.91 Å². The van der Waals surface area contributed by atoms with Crippen molar-refractivity contribution in [3.8, 4) is 5.88 Å². The first-order valence-corrected chi connectivity index (χ1v) is 7.40. The van der Waals surface area contributed by atoms with Gasteiger partial charge in [0, 0.05) is 11.6 Å². The summed E-state index contributed by atoms with van der Waals surface area (Å²) in [5.74, 6) is -0.192. The van der Waals surface area contributed by atoms with E-state index >= 15 is 0 Å². The Balaban J connectivity index is 1.60. The number of carbonyl (C=O) groups excluding carboxylic acids is 1. The number of halogens is 3. The summed E-state index contributed by atoms with van der Waals surface area (Å²) in [6.45, 7) is 2.50. The maximum atomic E-state index is 12.6. The van der Waals surface area contributed by atoms with Crippen molar-refractivity contribution in [2.75, 3.05) is 13.1 Å². The maximum absolute atomic E-state index is 12.6. The Kier molecular flexibility index (Phi) is 4.17. The van der Waals surface area contributed by atoms with Crippen LogP contribution in [-0.4, -0.2) is 35.0 Å². The lowest BCUT2D eigenvalue weighted by Crippen LogP contribution is -2.56. The van der Waals surface area contributed by atoms with Crippen molar-refractivity contribution in [3.05, 3.63) is 59.3 Å². The molecule has 0 spiro atoms. The van der Waals surface area contributed by atoms with E-state index in [4.69, 9.17) is 4.74 Å². The number of hydrogen-bond acceptors (Lipinski definition) is 3. The highest BCUT2D eigenvalue weighted by molar-refractivity contribution is 5.96. The average molecular weight is 336 g/mol. The molecule has 0 unspecified atom stereocenters. The largest absolute Gasteiger partial charge is 0.471 e. The van der Waals surface area contributed by atoms with Crippen LogP contribution in [0.15, 0.2) is 42.5 Å². The van der Waals surface area contributed by atoms with Crippen LogP contribution in [-0.2, 0) is 6.18 Å². The second-order valence-corrected chi connectivity index (χ2v) is 5.62. The van der Waals surface area contributed by atoms with E-state index in [1.807, 2.05) is 19.1 Å². The molecule has 1 aliphatic rings. The Morgan fingerprint density at radius 2 is 1.88 bits per heavy atom.